The summed E-state index contributed by atoms with van der Waals surface area (Å²) in [6.07, 6.45) is 0. The van der Waals surface area contributed by atoms with Gasteiger partial charge in [-0.1, -0.05) is 35.2 Å². The van der Waals surface area contributed by atoms with Crippen molar-refractivity contribution in [2.45, 2.75) is 9.10 Å². The van der Waals surface area contributed by atoms with Gasteiger partial charge in [-0.15, -0.1) is 0 Å². The first-order valence-electron chi connectivity index (χ1n) is 5.44. The maximum Gasteiger partial charge on any atom is 0.308 e. The van der Waals surface area contributed by atoms with E-state index in [1.807, 2.05) is 24.3 Å². The lowest BCUT2D eigenvalue weighted by atomic mass is 10.1. The quantitative estimate of drug-likeness (QED) is 0.678. The Morgan fingerprint density at radius 1 is 1.05 bits per heavy atom. The van der Waals surface area contributed by atoms with E-state index >= 15 is 0 Å². The second kappa shape index (κ2) is 4.64. The fourth-order valence-electron chi connectivity index (χ4n) is 1.76. The Morgan fingerprint density at radius 2 is 1.79 bits per heavy atom. The molecule has 0 aliphatic rings. The van der Waals surface area contributed by atoms with E-state index < -0.39 is 0 Å². The Hall–Kier alpha value is -1.92. The van der Waals surface area contributed by atoms with E-state index in [9.17, 15) is 15.0 Å². The van der Waals surface area contributed by atoms with E-state index in [2.05, 4.69) is 4.98 Å². The molecule has 3 rings (SSSR count). The molecule has 0 fully saturated rings. The zero-order chi connectivity index (χ0) is 13.4. The van der Waals surface area contributed by atoms with Crippen molar-refractivity contribution in [1.29, 1.82) is 0 Å². The first-order chi connectivity index (χ1) is 9.11. The molecule has 4 nitrogen and oxygen atoms in total. The van der Waals surface area contributed by atoms with E-state index in [0.29, 0.717) is 4.21 Å². The molecule has 0 atom stereocenters. The molecule has 1 heterocycles. The molecule has 96 valence electrons. The van der Waals surface area contributed by atoms with Crippen molar-refractivity contribution in [1.82, 2.24) is 4.98 Å². The van der Waals surface area contributed by atoms with Gasteiger partial charge in [0, 0.05) is 4.90 Å². The van der Waals surface area contributed by atoms with Crippen LogP contribution in [0.4, 0.5) is 0 Å². The number of H-pyrrole nitrogens is 1. The molecule has 0 saturated carbocycles. The summed E-state index contributed by atoms with van der Waals surface area (Å²) in [7, 11) is 0. The molecule has 0 radical (unpaired) electrons. The Kier molecular flexibility index (Phi) is 2.96. The lowest BCUT2D eigenvalue weighted by Gasteiger charge is -2.03. The Labute approximate surface area is 116 Å². The first-order valence-corrected chi connectivity index (χ1v) is 7.08. The van der Waals surface area contributed by atoms with Gasteiger partial charge < -0.3 is 10.2 Å². The molecule has 1 aromatic heterocycles. The second-order valence-corrected chi connectivity index (χ2v) is 6.27. The summed E-state index contributed by atoms with van der Waals surface area (Å²) in [5, 5.41) is 20.9. The van der Waals surface area contributed by atoms with Crippen LogP contribution in [-0.2, 0) is 0 Å². The highest BCUT2D eigenvalue weighted by molar-refractivity contribution is 8.01. The topological polar surface area (TPSA) is 73.3 Å². The fourth-order valence-corrected chi connectivity index (χ4v) is 3.59. The normalized spacial score (nSPS) is 10.9. The molecule has 6 heteroatoms. The van der Waals surface area contributed by atoms with Crippen LogP contribution >= 0.6 is 23.1 Å². The van der Waals surface area contributed by atoms with Crippen molar-refractivity contribution in [3.63, 3.8) is 0 Å². The largest absolute Gasteiger partial charge is 0.508 e. The predicted molar refractivity (Wildman–Crippen MR) is 76.3 cm³/mol. The van der Waals surface area contributed by atoms with Crippen molar-refractivity contribution in [3.8, 4) is 11.6 Å². The number of thiazole rings is 1. The van der Waals surface area contributed by atoms with E-state index in [0.717, 1.165) is 27.0 Å². The molecule has 0 amide bonds. The first kappa shape index (κ1) is 12.1. The SMILES string of the molecule is O=c1[nH]c(O)c(Sc2ccc3cc(O)ccc3c2)s1. The Balaban J connectivity index is 1.99. The zero-order valence-corrected chi connectivity index (χ0v) is 11.2. The van der Waals surface area contributed by atoms with Crippen LogP contribution in [0.1, 0.15) is 0 Å². The maximum absolute atomic E-state index is 11.1. The van der Waals surface area contributed by atoms with Gasteiger partial charge in [-0.3, -0.25) is 9.78 Å². The molecular formula is C13H9NO3S2. The van der Waals surface area contributed by atoms with Gasteiger partial charge in [-0.25, -0.2) is 0 Å². The monoisotopic (exact) mass is 291 g/mol. The van der Waals surface area contributed by atoms with Crippen LogP contribution in [0.3, 0.4) is 0 Å². The summed E-state index contributed by atoms with van der Waals surface area (Å²) < 4.78 is 0.545. The molecule has 0 saturated heterocycles. The van der Waals surface area contributed by atoms with Crippen LogP contribution < -0.4 is 4.87 Å². The van der Waals surface area contributed by atoms with Gasteiger partial charge in [-0.05, 0) is 35.0 Å². The molecular weight excluding hydrogens is 282 g/mol. The van der Waals surface area contributed by atoms with Gasteiger partial charge in [0.05, 0.1) is 0 Å². The number of aromatic hydroxyl groups is 2. The van der Waals surface area contributed by atoms with Crippen molar-refractivity contribution in [2.75, 3.05) is 0 Å². The number of aromatic nitrogens is 1. The van der Waals surface area contributed by atoms with E-state index in [1.54, 1.807) is 12.1 Å². The summed E-state index contributed by atoms with van der Waals surface area (Å²) in [5.41, 5.74) is 0. The summed E-state index contributed by atoms with van der Waals surface area (Å²) in [5.74, 6) is 0.139. The summed E-state index contributed by atoms with van der Waals surface area (Å²) in [4.78, 5) is 14.1. The lowest BCUT2D eigenvalue weighted by Crippen LogP contribution is -1.89. The summed E-state index contributed by atoms with van der Waals surface area (Å²) in [6.45, 7) is 0. The standard InChI is InChI=1S/C13H9NO3S2/c15-9-3-1-8-6-10(4-2-7(8)5-9)18-12-11(16)14-13(17)19-12/h1-6,15-16H,(H,14,17). The molecule has 19 heavy (non-hydrogen) atoms. The molecule has 0 aliphatic heterocycles. The van der Waals surface area contributed by atoms with Crippen molar-refractivity contribution < 1.29 is 10.2 Å². The molecule has 3 aromatic rings. The van der Waals surface area contributed by atoms with Crippen molar-refractivity contribution in [2.24, 2.45) is 0 Å². The number of hydrogen-bond donors (Lipinski definition) is 3. The highest BCUT2D eigenvalue weighted by Crippen LogP contribution is 2.36. The number of rotatable bonds is 2. The zero-order valence-electron chi connectivity index (χ0n) is 9.58. The van der Waals surface area contributed by atoms with Crippen LogP contribution in [-0.4, -0.2) is 15.2 Å². The van der Waals surface area contributed by atoms with E-state index in [1.165, 1.54) is 11.8 Å². The second-order valence-electron chi connectivity index (χ2n) is 3.95. The number of phenolic OH excluding ortho intramolecular Hbond substituents is 1. The van der Waals surface area contributed by atoms with Crippen LogP contribution in [0, 0.1) is 0 Å². The van der Waals surface area contributed by atoms with Crippen molar-refractivity contribution >= 4 is 33.9 Å². The van der Waals surface area contributed by atoms with Crippen LogP contribution in [0.2, 0.25) is 0 Å². The maximum atomic E-state index is 11.1. The van der Waals surface area contributed by atoms with Gasteiger partial charge in [0.15, 0.2) is 0 Å². The lowest BCUT2D eigenvalue weighted by molar-refractivity contribution is 0.445. The minimum Gasteiger partial charge on any atom is -0.508 e. The van der Waals surface area contributed by atoms with Gasteiger partial charge in [0.2, 0.25) is 5.88 Å². The molecule has 3 N–H and O–H groups in total. The average Bonchev–Trinajstić information content (AvgIpc) is 2.68. The number of phenols is 1. The van der Waals surface area contributed by atoms with Crippen molar-refractivity contribution in [3.05, 3.63) is 46.1 Å². The third-order valence-corrected chi connectivity index (χ3v) is 4.64. The Morgan fingerprint density at radius 3 is 2.53 bits per heavy atom. The van der Waals surface area contributed by atoms with Gasteiger partial charge in [0.25, 0.3) is 0 Å². The van der Waals surface area contributed by atoms with Gasteiger partial charge in [0.1, 0.15) is 9.96 Å². The van der Waals surface area contributed by atoms with E-state index in [4.69, 9.17) is 0 Å². The van der Waals surface area contributed by atoms with Crippen LogP contribution in [0.25, 0.3) is 10.8 Å². The molecule has 2 aromatic carbocycles. The highest BCUT2D eigenvalue weighted by atomic mass is 32.2. The number of nitrogens with one attached hydrogen (secondary N) is 1. The summed E-state index contributed by atoms with van der Waals surface area (Å²) >= 11 is 2.31. The molecule has 0 unspecified atom stereocenters. The fraction of sp³-hybridized carbons (Fsp3) is 0. The van der Waals surface area contributed by atoms with E-state index in [-0.39, 0.29) is 16.5 Å². The smallest absolute Gasteiger partial charge is 0.308 e. The third-order valence-electron chi connectivity index (χ3n) is 2.61. The number of benzene rings is 2. The molecule has 0 spiro atoms. The predicted octanol–water partition coefficient (Wildman–Crippen LogP) is 3.15. The van der Waals surface area contributed by atoms with Gasteiger partial charge >= 0.3 is 4.87 Å². The molecule has 0 aliphatic carbocycles. The number of aromatic amines is 1. The minimum absolute atomic E-state index is 0.0918. The average molecular weight is 291 g/mol. The number of fused-ring (bicyclic) bond motifs is 1. The summed E-state index contributed by atoms with van der Waals surface area (Å²) in [6, 6.07) is 10.9. The van der Waals surface area contributed by atoms with Gasteiger partial charge in [-0.2, -0.15) is 0 Å². The van der Waals surface area contributed by atoms with Crippen LogP contribution in [0.5, 0.6) is 11.6 Å². The molecule has 0 bridgehead atoms. The number of hydrogen-bond acceptors (Lipinski definition) is 5. The third kappa shape index (κ3) is 2.45. The Bertz CT molecular complexity index is 807. The van der Waals surface area contributed by atoms with Crippen LogP contribution in [0.15, 0.2) is 50.3 Å². The minimum atomic E-state index is -0.272. The highest BCUT2D eigenvalue weighted by Gasteiger charge is 2.09.